The standard InChI is InChI=1S/C80H50/c1-3-8-57-38-59(21-12-51(57)6-1)61-29-30-63-41-64(32-31-62(63)40-61)65-33-34-67-43-68(36-35-66(67)42-65)74-28-20-56-10-5-11-79(80(56)50-74)75-37-19-55-18-27-73(48-78(55)49-75)72-26-17-54-16-25-71(46-77(54)47-72)70-24-15-53-14-23-69(44-76(53)45-70)60-22-13-52-7-2-4-9-58(52)39-60/h1-50H. The zero-order valence-corrected chi connectivity index (χ0v) is 43.9. The Hall–Kier alpha value is -10.4. The molecule has 0 amide bonds. The monoisotopic (exact) mass is 1010 g/mol. The summed E-state index contributed by atoms with van der Waals surface area (Å²) in [7, 11) is 0. The van der Waals surface area contributed by atoms with Gasteiger partial charge in [-0.2, -0.15) is 0 Å². The molecule has 0 bridgehead atoms. The number of hydrogen-bond acceptors (Lipinski definition) is 0. The average molecular weight is 1010 g/mol. The van der Waals surface area contributed by atoms with Crippen LogP contribution in [-0.4, -0.2) is 0 Å². The minimum atomic E-state index is 1.21. The summed E-state index contributed by atoms with van der Waals surface area (Å²) in [6.45, 7) is 0. The summed E-state index contributed by atoms with van der Waals surface area (Å²) >= 11 is 0. The van der Waals surface area contributed by atoms with Crippen molar-refractivity contribution < 1.29 is 0 Å². The van der Waals surface area contributed by atoms with Crippen LogP contribution in [0.4, 0.5) is 0 Å². The van der Waals surface area contributed by atoms with Gasteiger partial charge in [-0.05, 0) is 243 Å². The van der Waals surface area contributed by atoms with Crippen LogP contribution in [0.25, 0.3) is 164 Å². The summed E-state index contributed by atoms with van der Waals surface area (Å²) in [4.78, 5) is 0. The second-order valence-corrected chi connectivity index (χ2v) is 21.7. The zero-order chi connectivity index (χ0) is 52.7. The Bertz CT molecular complexity index is 5190. The molecular formula is C80H50. The van der Waals surface area contributed by atoms with Gasteiger partial charge in [-0.1, -0.05) is 224 Å². The Morgan fingerprint density at radius 3 is 0.637 bits per heavy atom. The van der Waals surface area contributed by atoms with E-state index in [0.717, 1.165) is 0 Å². The van der Waals surface area contributed by atoms with Crippen molar-refractivity contribution in [2.24, 2.45) is 0 Å². The predicted octanol–water partition coefficient (Wildman–Crippen LogP) is 22.6. The Balaban J connectivity index is 0.669. The van der Waals surface area contributed by atoms with Crippen molar-refractivity contribution in [2.75, 3.05) is 0 Å². The van der Waals surface area contributed by atoms with Crippen molar-refractivity contribution in [1.82, 2.24) is 0 Å². The molecule has 370 valence electrons. The smallest absolute Gasteiger partial charge is 0.00992 e. The van der Waals surface area contributed by atoms with Gasteiger partial charge < -0.3 is 0 Å². The molecule has 0 atom stereocenters. The van der Waals surface area contributed by atoms with Gasteiger partial charge in [-0.15, -0.1) is 0 Å². The average Bonchev–Trinajstić information content (AvgIpc) is 3.54. The van der Waals surface area contributed by atoms with Crippen LogP contribution in [0.3, 0.4) is 0 Å². The fourth-order valence-corrected chi connectivity index (χ4v) is 12.5. The van der Waals surface area contributed by atoms with Gasteiger partial charge in [0.1, 0.15) is 0 Å². The molecule has 0 aliphatic heterocycles. The fraction of sp³-hybridized carbons (Fsp3) is 0. The summed E-state index contributed by atoms with van der Waals surface area (Å²) in [5.41, 5.74) is 17.1. The van der Waals surface area contributed by atoms with Gasteiger partial charge in [0.2, 0.25) is 0 Å². The minimum Gasteiger partial charge on any atom is -0.0616 e. The molecule has 0 radical (unpaired) electrons. The van der Waals surface area contributed by atoms with E-state index in [1.54, 1.807) is 0 Å². The number of rotatable bonds is 7. The summed E-state index contributed by atoms with van der Waals surface area (Å²) < 4.78 is 0. The van der Waals surface area contributed by atoms with E-state index in [-0.39, 0.29) is 0 Å². The molecule has 0 saturated heterocycles. The van der Waals surface area contributed by atoms with Crippen LogP contribution >= 0.6 is 0 Å². The van der Waals surface area contributed by atoms with E-state index in [1.807, 2.05) is 0 Å². The molecule has 0 fully saturated rings. The molecule has 16 rings (SSSR count). The van der Waals surface area contributed by atoms with Gasteiger partial charge in [0.25, 0.3) is 0 Å². The molecular weight excluding hydrogens is 961 g/mol. The van der Waals surface area contributed by atoms with E-state index in [9.17, 15) is 0 Å². The van der Waals surface area contributed by atoms with Crippen LogP contribution in [0, 0.1) is 0 Å². The third-order valence-electron chi connectivity index (χ3n) is 16.9. The molecule has 0 N–H and O–H groups in total. The van der Waals surface area contributed by atoms with E-state index in [1.165, 1.54) is 164 Å². The molecule has 0 spiro atoms. The highest BCUT2D eigenvalue weighted by Crippen LogP contribution is 2.39. The maximum atomic E-state index is 2.38. The highest BCUT2D eigenvalue weighted by atomic mass is 14.2. The predicted molar refractivity (Wildman–Crippen MR) is 345 cm³/mol. The highest BCUT2D eigenvalue weighted by Gasteiger charge is 2.12. The van der Waals surface area contributed by atoms with Gasteiger partial charge in [-0.25, -0.2) is 0 Å². The molecule has 0 heterocycles. The van der Waals surface area contributed by atoms with Crippen LogP contribution in [0.15, 0.2) is 303 Å². The molecule has 80 heavy (non-hydrogen) atoms. The molecule has 0 aliphatic rings. The van der Waals surface area contributed by atoms with Gasteiger partial charge in [-0.3, -0.25) is 0 Å². The Kier molecular flexibility index (Phi) is 10.7. The second kappa shape index (κ2) is 18.7. The summed E-state index contributed by atoms with van der Waals surface area (Å²) in [6, 6.07) is 113. The number of hydrogen-bond donors (Lipinski definition) is 0. The third kappa shape index (κ3) is 8.25. The molecule has 16 aromatic carbocycles. The first kappa shape index (κ1) is 45.8. The highest BCUT2D eigenvalue weighted by molar-refractivity contribution is 6.03. The van der Waals surface area contributed by atoms with Gasteiger partial charge in [0.05, 0.1) is 0 Å². The molecule has 0 saturated carbocycles. The van der Waals surface area contributed by atoms with Crippen molar-refractivity contribution in [3.63, 3.8) is 0 Å². The van der Waals surface area contributed by atoms with E-state index >= 15 is 0 Å². The SMILES string of the molecule is c1ccc2cc(-c3ccc4cc(-c5ccc6cc(-c7ccc8cccc(-c9ccc%10ccc(-c%11ccc%12ccc(-c%13ccc%14ccc(-c%15ccc%16ccccc%16c%15)cc%14c%13)cc%12c%11)cc%10c9)c8c7)ccc6c5)ccc4c3)ccc2c1. The van der Waals surface area contributed by atoms with Crippen molar-refractivity contribution in [3.8, 4) is 77.9 Å². The van der Waals surface area contributed by atoms with Crippen molar-refractivity contribution in [2.45, 2.75) is 0 Å². The largest absolute Gasteiger partial charge is 0.0616 e. The van der Waals surface area contributed by atoms with Crippen LogP contribution < -0.4 is 0 Å². The Morgan fingerprint density at radius 1 is 0.113 bits per heavy atom. The zero-order valence-electron chi connectivity index (χ0n) is 43.9. The summed E-state index contributed by atoms with van der Waals surface area (Å²) in [5, 5.41) is 19.9. The van der Waals surface area contributed by atoms with Crippen LogP contribution in [0.5, 0.6) is 0 Å². The van der Waals surface area contributed by atoms with Gasteiger partial charge >= 0.3 is 0 Å². The summed E-state index contributed by atoms with van der Waals surface area (Å²) in [6.07, 6.45) is 0. The normalized spacial score (nSPS) is 11.8. The van der Waals surface area contributed by atoms with Gasteiger partial charge in [0.15, 0.2) is 0 Å². The first-order valence-corrected chi connectivity index (χ1v) is 27.7. The molecule has 0 aromatic heterocycles. The maximum absolute atomic E-state index is 2.38. The first-order valence-electron chi connectivity index (χ1n) is 27.7. The quantitative estimate of drug-likeness (QED) is 0.149. The van der Waals surface area contributed by atoms with E-state index in [2.05, 4.69) is 303 Å². The van der Waals surface area contributed by atoms with Crippen molar-refractivity contribution in [1.29, 1.82) is 0 Å². The van der Waals surface area contributed by atoms with Crippen LogP contribution in [0.2, 0.25) is 0 Å². The second-order valence-electron chi connectivity index (χ2n) is 21.7. The number of benzene rings is 16. The molecule has 16 aromatic rings. The Morgan fingerprint density at radius 2 is 0.312 bits per heavy atom. The lowest BCUT2D eigenvalue weighted by Crippen LogP contribution is -1.86. The van der Waals surface area contributed by atoms with Crippen molar-refractivity contribution in [3.05, 3.63) is 303 Å². The summed E-state index contributed by atoms with van der Waals surface area (Å²) in [5.74, 6) is 0. The molecule has 0 nitrogen and oxygen atoms in total. The molecule has 0 aliphatic carbocycles. The van der Waals surface area contributed by atoms with Crippen molar-refractivity contribution >= 4 is 86.2 Å². The first-order chi connectivity index (χ1) is 39.5. The fourth-order valence-electron chi connectivity index (χ4n) is 12.5. The maximum Gasteiger partial charge on any atom is -0.00992 e. The molecule has 0 heteroatoms. The third-order valence-corrected chi connectivity index (χ3v) is 16.9. The lowest BCUT2D eigenvalue weighted by Gasteiger charge is -2.12. The van der Waals surface area contributed by atoms with Gasteiger partial charge in [0, 0.05) is 0 Å². The lowest BCUT2D eigenvalue weighted by atomic mass is 9.92. The van der Waals surface area contributed by atoms with E-state index < -0.39 is 0 Å². The minimum absolute atomic E-state index is 1.21. The number of fused-ring (bicyclic) bond motifs is 8. The lowest BCUT2D eigenvalue weighted by molar-refractivity contribution is 1.63. The Labute approximate surface area is 464 Å². The van der Waals surface area contributed by atoms with Crippen LogP contribution in [-0.2, 0) is 0 Å². The van der Waals surface area contributed by atoms with E-state index in [4.69, 9.17) is 0 Å². The van der Waals surface area contributed by atoms with E-state index in [0.29, 0.717) is 0 Å². The van der Waals surface area contributed by atoms with Crippen LogP contribution in [0.1, 0.15) is 0 Å². The molecule has 0 unspecified atom stereocenters. The topological polar surface area (TPSA) is 0 Å².